The molecule has 1 atom stereocenters. The second kappa shape index (κ2) is 8.24. The molecule has 2 N–H and O–H groups in total. The van der Waals surface area contributed by atoms with Crippen molar-refractivity contribution in [2.24, 2.45) is 0 Å². The normalized spacial score (nSPS) is 17.5. The minimum absolute atomic E-state index is 0.104. The van der Waals surface area contributed by atoms with Crippen LogP contribution in [0.25, 0.3) is 11.0 Å². The van der Waals surface area contributed by atoms with Gasteiger partial charge >= 0.3 is 0 Å². The van der Waals surface area contributed by atoms with Gasteiger partial charge in [0, 0.05) is 20.0 Å². The van der Waals surface area contributed by atoms with Gasteiger partial charge in [-0.25, -0.2) is 9.37 Å². The quantitative estimate of drug-likeness (QED) is 0.782. The van der Waals surface area contributed by atoms with Crippen molar-refractivity contribution >= 4 is 22.8 Å². The largest absolute Gasteiger partial charge is 0.377 e. The Kier molecular flexibility index (Phi) is 5.79. The highest BCUT2D eigenvalue weighted by Gasteiger charge is 2.28. The number of imidazole rings is 1. The zero-order valence-corrected chi connectivity index (χ0v) is 14.5. The van der Waals surface area contributed by atoms with E-state index < -0.39 is 0 Å². The minimum Gasteiger partial charge on any atom is -0.377 e. The van der Waals surface area contributed by atoms with Gasteiger partial charge in [-0.3, -0.25) is 9.59 Å². The number of aromatic nitrogens is 2. The van der Waals surface area contributed by atoms with Crippen molar-refractivity contribution in [2.75, 3.05) is 33.4 Å². The van der Waals surface area contributed by atoms with Gasteiger partial charge < -0.3 is 24.7 Å². The summed E-state index contributed by atoms with van der Waals surface area (Å²) in [5, 5.41) is 2.55. The Hall–Kier alpha value is -2.52. The van der Waals surface area contributed by atoms with Gasteiger partial charge in [-0.1, -0.05) is 0 Å². The molecule has 0 bridgehead atoms. The van der Waals surface area contributed by atoms with E-state index in [1.54, 1.807) is 18.0 Å². The molecule has 9 heteroatoms. The van der Waals surface area contributed by atoms with Gasteiger partial charge in [-0.15, -0.1) is 0 Å². The number of aromatic amines is 1. The SMILES string of the molecule is CNC(=O)CC1COCCN1C(=O)COCc1nc2ccc(F)cc2[nH]1. The van der Waals surface area contributed by atoms with Crippen molar-refractivity contribution in [3.05, 3.63) is 29.8 Å². The van der Waals surface area contributed by atoms with Crippen LogP contribution < -0.4 is 5.32 Å². The molecular weight excluding hydrogens is 343 g/mol. The molecule has 3 rings (SSSR count). The predicted octanol–water partition coefficient (Wildman–Crippen LogP) is 0.582. The lowest BCUT2D eigenvalue weighted by atomic mass is 10.1. The maximum Gasteiger partial charge on any atom is 0.249 e. The average Bonchev–Trinajstić information content (AvgIpc) is 3.03. The van der Waals surface area contributed by atoms with Crippen molar-refractivity contribution in [3.63, 3.8) is 0 Å². The number of H-pyrrole nitrogens is 1. The maximum absolute atomic E-state index is 13.2. The van der Waals surface area contributed by atoms with Crippen LogP contribution in [0.2, 0.25) is 0 Å². The van der Waals surface area contributed by atoms with Crippen molar-refractivity contribution in [1.82, 2.24) is 20.2 Å². The predicted molar refractivity (Wildman–Crippen MR) is 90.7 cm³/mol. The lowest BCUT2D eigenvalue weighted by Crippen LogP contribution is -2.51. The van der Waals surface area contributed by atoms with E-state index in [0.717, 1.165) is 0 Å². The first-order valence-corrected chi connectivity index (χ1v) is 8.36. The summed E-state index contributed by atoms with van der Waals surface area (Å²) in [5.74, 6) is -0.182. The van der Waals surface area contributed by atoms with E-state index in [2.05, 4.69) is 15.3 Å². The molecule has 1 aliphatic heterocycles. The van der Waals surface area contributed by atoms with Crippen molar-refractivity contribution in [1.29, 1.82) is 0 Å². The molecule has 2 heterocycles. The molecule has 0 spiro atoms. The van der Waals surface area contributed by atoms with Gasteiger partial charge in [-0.05, 0) is 18.2 Å². The summed E-state index contributed by atoms with van der Waals surface area (Å²) in [6.07, 6.45) is 0.192. The number of nitrogens with one attached hydrogen (secondary N) is 2. The summed E-state index contributed by atoms with van der Waals surface area (Å²) >= 11 is 0. The van der Waals surface area contributed by atoms with E-state index in [1.165, 1.54) is 12.1 Å². The summed E-state index contributed by atoms with van der Waals surface area (Å²) in [6, 6.07) is 3.97. The Bertz CT molecular complexity index is 794. The van der Waals surface area contributed by atoms with Crippen molar-refractivity contribution in [3.8, 4) is 0 Å². The zero-order chi connectivity index (χ0) is 18.5. The molecule has 26 heavy (non-hydrogen) atoms. The third-order valence-corrected chi connectivity index (χ3v) is 4.21. The van der Waals surface area contributed by atoms with Crippen molar-refractivity contribution < 1.29 is 23.5 Å². The summed E-state index contributed by atoms with van der Waals surface area (Å²) in [5.41, 5.74) is 1.21. The Morgan fingerprint density at radius 2 is 2.35 bits per heavy atom. The molecule has 0 radical (unpaired) electrons. The fourth-order valence-electron chi connectivity index (χ4n) is 2.89. The Balaban J connectivity index is 1.54. The van der Waals surface area contributed by atoms with Crippen LogP contribution >= 0.6 is 0 Å². The molecular formula is C17H21FN4O4. The first-order valence-electron chi connectivity index (χ1n) is 8.36. The van der Waals surface area contributed by atoms with E-state index in [4.69, 9.17) is 9.47 Å². The summed E-state index contributed by atoms with van der Waals surface area (Å²) < 4.78 is 24.0. The molecule has 1 aromatic heterocycles. The van der Waals surface area contributed by atoms with Gasteiger partial charge in [0.15, 0.2) is 0 Å². The molecule has 0 aliphatic carbocycles. The van der Waals surface area contributed by atoms with E-state index in [9.17, 15) is 14.0 Å². The number of nitrogens with zero attached hydrogens (tertiary/aromatic N) is 2. The number of rotatable bonds is 6. The monoisotopic (exact) mass is 364 g/mol. The second-order valence-corrected chi connectivity index (χ2v) is 6.03. The molecule has 2 amide bonds. The van der Waals surface area contributed by atoms with Crippen LogP contribution in [-0.4, -0.2) is 66.1 Å². The van der Waals surface area contributed by atoms with E-state index in [-0.39, 0.29) is 43.3 Å². The van der Waals surface area contributed by atoms with Gasteiger partial charge in [0.25, 0.3) is 0 Å². The molecule has 1 aromatic carbocycles. The van der Waals surface area contributed by atoms with Crippen LogP contribution in [-0.2, 0) is 25.7 Å². The number of amides is 2. The lowest BCUT2D eigenvalue weighted by molar-refractivity contribution is -0.146. The minimum atomic E-state index is -0.349. The Labute approximate surface area is 149 Å². The first-order chi connectivity index (χ1) is 12.6. The van der Waals surface area contributed by atoms with Crippen LogP contribution in [0.3, 0.4) is 0 Å². The highest BCUT2D eigenvalue weighted by atomic mass is 19.1. The number of benzene rings is 1. The van der Waals surface area contributed by atoms with Crippen LogP contribution in [0.4, 0.5) is 4.39 Å². The van der Waals surface area contributed by atoms with Gasteiger partial charge in [0.1, 0.15) is 24.9 Å². The Morgan fingerprint density at radius 1 is 1.50 bits per heavy atom. The molecule has 1 saturated heterocycles. The summed E-state index contributed by atoms with van der Waals surface area (Å²) in [6.45, 7) is 1.16. The summed E-state index contributed by atoms with van der Waals surface area (Å²) in [7, 11) is 1.56. The lowest BCUT2D eigenvalue weighted by Gasteiger charge is -2.35. The van der Waals surface area contributed by atoms with Crippen LogP contribution in [0.5, 0.6) is 0 Å². The number of carbonyl (C=O) groups is 2. The molecule has 1 unspecified atom stereocenters. The number of carbonyl (C=O) groups excluding carboxylic acids is 2. The standard InChI is InChI=1S/C17H21FN4O4/c1-19-16(23)7-12-8-25-5-4-22(12)17(24)10-26-9-15-20-13-3-2-11(18)6-14(13)21-15/h2-3,6,12H,4-5,7-10H2,1H3,(H,19,23)(H,20,21). The maximum atomic E-state index is 13.2. The molecule has 8 nitrogen and oxygen atoms in total. The number of ether oxygens (including phenoxy) is 2. The Morgan fingerprint density at radius 3 is 3.15 bits per heavy atom. The third-order valence-electron chi connectivity index (χ3n) is 4.21. The average molecular weight is 364 g/mol. The molecule has 140 valence electrons. The number of halogens is 1. The number of hydrogen-bond donors (Lipinski definition) is 2. The van der Waals surface area contributed by atoms with Gasteiger partial charge in [0.2, 0.25) is 11.8 Å². The molecule has 2 aromatic rings. The molecule has 1 fully saturated rings. The second-order valence-electron chi connectivity index (χ2n) is 6.03. The smallest absolute Gasteiger partial charge is 0.249 e. The highest BCUT2D eigenvalue weighted by Crippen LogP contribution is 2.14. The molecule has 1 aliphatic rings. The van der Waals surface area contributed by atoms with E-state index in [0.29, 0.717) is 36.6 Å². The van der Waals surface area contributed by atoms with Gasteiger partial charge in [-0.2, -0.15) is 0 Å². The van der Waals surface area contributed by atoms with Crippen LogP contribution in [0.1, 0.15) is 12.2 Å². The van der Waals surface area contributed by atoms with E-state index in [1.807, 2.05) is 0 Å². The van der Waals surface area contributed by atoms with E-state index >= 15 is 0 Å². The fraction of sp³-hybridized carbons (Fsp3) is 0.471. The first kappa shape index (κ1) is 18.3. The molecule has 0 saturated carbocycles. The topological polar surface area (TPSA) is 96.6 Å². The van der Waals surface area contributed by atoms with Crippen molar-refractivity contribution in [2.45, 2.75) is 19.1 Å². The van der Waals surface area contributed by atoms with Crippen LogP contribution in [0.15, 0.2) is 18.2 Å². The summed E-state index contributed by atoms with van der Waals surface area (Å²) in [4.78, 5) is 32.9. The number of hydrogen-bond acceptors (Lipinski definition) is 5. The highest BCUT2D eigenvalue weighted by molar-refractivity contribution is 5.80. The van der Waals surface area contributed by atoms with Gasteiger partial charge in [0.05, 0.1) is 30.3 Å². The zero-order valence-electron chi connectivity index (χ0n) is 14.5. The fourth-order valence-corrected chi connectivity index (χ4v) is 2.89. The number of fused-ring (bicyclic) bond motifs is 1. The third kappa shape index (κ3) is 4.36. The number of morpholine rings is 1. The van der Waals surface area contributed by atoms with Crippen LogP contribution in [0, 0.1) is 5.82 Å².